The van der Waals surface area contributed by atoms with E-state index in [9.17, 15) is 4.79 Å². The highest BCUT2D eigenvalue weighted by Gasteiger charge is 2.15. The van der Waals surface area contributed by atoms with Crippen LogP contribution < -0.4 is 10.2 Å². The van der Waals surface area contributed by atoms with Gasteiger partial charge in [0.05, 0.1) is 11.9 Å². The fraction of sp³-hybridized carbons (Fsp3) is 0.368. The molecule has 0 aromatic carbocycles. The van der Waals surface area contributed by atoms with Gasteiger partial charge in [0, 0.05) is 50.0 Å². The van der Waals surface area contributed by atoms with E-state index in [0.717, 1.165) is 37.6 Å². The lowest BCUT2D eigenvalue weighted by Gasteiger charge is -2.33. The Labute approximate surface area is 167 Å². The summed E-state index contributed by atoms with van der Waals surface area (Å²) in [4.78, 5) is 25.6. The topological polar surface area (TPSA) is 87.4 Å². The predicted octanol–water partition coefficient (Wildman–Crippen LogP) is 2.52. The van der Waals surface area contributed by atoms with Crippen LogP contribution in [0.4, 0.5) is 11.5 Å². The number of carbonyl (C=O) groups excluding carboxylic acids is 1. The zero-order valence-corrected chi connectivity index (χ0v) is 16.5. The number of thiophene rings is 1. The third-order valence-electron chi connectivity index (χ3n) is 4.67. The van der Waals surface area contributed by atoms with Gasteiger partial charge in [-0.05, 0) is 30.6 Å². The minimum absolute atomic E-state index is 0.107. The van der Waals surface area contributed by atoms with Crippen molar-refractivity contribution in [3.8, 4) is 11.4 Å². The zero-order valence-electron chi connectivity index (χ0n) is 15.7. The molecule has 0 aliphatic carbocycles. The second-order valence-corrected chi connectivity index (χ2v) is 7.55. The lowest BCUT2D eigenvalue weighted by atomic mass is 10.2. The standard InChI is InChI=1S/C19H22N6O2S/c1-24-7-9-25(10-8-24)16-3-2-15(12-20-16)21-17(26)4-5-18-22-19(23-27-18)14-6-11-28-13-14/h2-3,6,11-13H,4-5,7-10H2,1H3,(H,21,26). The number of likely N-dealkylation sites (N-methyl/N-ethyl adjacent to an activating group) is 1. The van der Waals surface area contributed by atoms with Gasteiger partial charge in [0.2, 0.25) is 17.6 Å². The van der Waals surface area contributed by atoms with E-state index in [1.807, 2.05) is 29.0 Å². The minimum atomic E-state index is -0.107. The van der Waals surface area contributed by atoms with Gasteiger partial charge in [-0.2, -0.15) is 16.3 Å². The van der Waals surface area contributed by atoms with E-state index in [1.165, 1.54) is 0 Å². The highest BCUT2D eigenvalue weighted by molar-refractivity contribution is 7.08. The minimum Gasteiger partial charge on any atom is -0.354 e. The second kappa shape index (κ2) is 8.49. The van der Waals surface area contributed by atoms with Crippen LogP contribution in [0.15, 0.2) is 39.7 Å². The van der Waals surface area contributed by atoms with Crippen LogP contribution in [-0.4, -0.2) is 59.2 Å². The van der Waals surface area contributed by atoms with Crippen molar-refractivity contribution in [3.05, 3.63) is 41.0 Å². The largest absolute Gasteiger partial charge is 0.354 e. The van der Waals surface area contributed by atoms with E-state index in [1.54, 1.807) is 17.5 Å². The molecule has 1 amide bonds. The molecule has 1 N–H and O–H groups in total. The Kier molecular flexibility index (Phi) is 5.63. The van der Waals surface area contributed by atoms with Crippen molar-refractivity contribution >= 4 is 28.7 Å². The predicted molar refractivity (Wildman–Crippen MR) is 109 cm³/mol. The van der Waals surface area contributed by atoms with Crippen molar-refractivity contribution in [2.24, 2.45) is 0 Å². The highest BCUT2D eigenvalue weighted by atomic mass is 32.1. The molecule has 1 saturated heterocycles. The highest BCUT2D eigenvalue weighted by Crippen LogP contribution is 2.19. The van der Waals surface area contributed by atoms with Gasteiger partial charge in [-0.15, -0.1) is 0 Å². The molecule has 0 atom stereocenters. The number of nitrogens with zero attached hydrogens (tertiary/aromatic N) is 5. The molecule has 0 unspecified atom stereocenters. The Morgan fingerprint density at radius 2 is 2.11 bits per heavy atom. The number of hydrogen-bond donors (Lipinski definition) is 1. The Hall–Kier alpha value is -2.78. The zero-order chi connectivity index (χ0) is 19.3. The van der Waals surface area contributed by atoms with E-state index in [0.29, 0.717) is 23.8 Å². The van der Waals surface area contributed by atoms with Gasteiger partial charge in [0.15, 0.2) is 0 Å². The molecule has 3 aromatic rings. The number of aryl methyl sites for hydroxylation is 1. The molecule has 4 rings (SSSR count). The van der Waals surface area contributed by atoms with Gasteiger partial charge in [-0.1, -0.05) is 5.16 Å². The maximum Gasteiger partial charge on any atom is 0.227 e. The number of aromatic nitrogens is 3. The van der Waals surface area contributed by atoms with E-state index in [2.05, 4.69) is 37.3 Å². The number of rotatable bonds is 6. The molecule has 1 aliphatic rings. The summed E-state index contributed by atoms with van der Waals surface area (Å²) < 4.78 is 5.22. The Morgan fingerprint density at radius 3 is 2.82 bits per heavy atom. The first-order valence-electron chi connectivity index (χ1n) is 9.22. The van der Waals surface area contributed by atoms with E-state index >= 15 is 0 Å². The summed E-state index contributed by atoms with van der Waals surface area (Å²) in [5.41, 5.74) is 1.61. The lowest BCUT2D eigenvalue weighted by Crippen LogP contribution is -2.44. The molecular weight excluding hydrogens is 376 g/mol. The summed E-state index contributed by atoms with van der Waals surface area (Å²) in [6.07, 6.45) is 2.37. The molecular formula is C19H22N6O2S. The van der Waals surface area contributed by atoms with Gasteiger partial charge >= 0.3 is 0 Å². The van der Waals surface area contributed by atoms with Gasteiger partial charge < -0.3 is 19.6 Å². The van der Waals surface area contributed by atoms with Crippen molar-refractivity contribution in [1.82, 2.24) is 20.0 Å². The number of piperazine rings is 1. The van der Waals surface area contributed by atoms with Gasteiger partial charge in [0.1, 0.15) is 5.82 Å². The maximum atomic E-state index is 12.2. The van der Waals surface area contributed by atoms with E-state index in [4.69, 9.17) is 4.52 Å². The molecule has 0 saturated carbocycles. The Balaban J connectivity index is 1.27. The number of amides is 1. The molecule has 1 aliphatic heterocycles. The van der Waals surface area contributed by atoms with Crippen molar-refractivity contribution in [2.75, 3.05) is 43.4 Å². The number of hydrogen-bond acceptors (Lipinski definition) is 8. The van der Waals surface area contributed by atoms with Crippen LogP contribution >= 0.6 is 11.3 Å². The van der Waals surface area contributed by atoms with Crippen LogP contribution in [0.5, 0.6) is 0 Å². The summed E-state index contributed by atoms with van der Waals surface area (Å²) in [5, 5.41) is 10.7. The van der Waals surface area contributed by atoms with Gasteiger partial charge in [-0.25, -0.2) is 4.98 Å². The van der Waals surface area contributed by atoms with Crippen LogP contribution in [0.1, 0.15) is 12.3 Å². The summed E-state index contributed by atoms with van der Waals surface area (Å²) in [6, 6.07) is 5.77. The molecule has 3 aromatic heterocycles. The Morgan fingerprint density at radius 1 is 1.25 bits per heavy atom. The van der Waals surface area contributed by atoms with Crippen LogP contribution in [-0.2, 0) is 11.2 Å². The molecule has 0 bridgehead atoms. The summed E-state index contributed by atoms with van der Waals surface area (Å²) >= 11 is 1.58. The van der Waals surface area contributed by atoms with Crippen LogP contribution in [0.3, 0.4) is 0 Å². The third-order valence-corrected chi connectivity index (χ3v) is 5.36. The summed E-state index contributed by atoms with van der Waals surface area (Å²) in [7, 11) is 2.13. The van der Waals surface area contributed by atoms with Crippen LogP contribution in [0.2, 0.25) is 0 Å². The quantitative estimate of drug-likeness (QED) is 0.683. The molecule has 146 valence electrons. The van der Waals surface area contributed by atoms with E-state index in [-0.39, 0.29) is 12.3 Å². The van der Waals surface area contributed by atoms with Crippen molar-refractivity contribution in [2.45, 2.75) is 12.8 Å². The SMILES string of the molecule is CN1CCN(c2ccc(NC(=O)CCc3nc(-c4ccsc4)no3)cn2)CC1. The second-order valence-electron chi connectivity index (χ2n) is 6.77. The van der Waals surface area contributed by atoms with E-state index < -0.39 is 0 Å². The molecule has 1 fully saturated rings. The van der Waals surface area contributed by atoms with Crippen LogP contribution in [0.25, 0.3) is 11.4 Å². The summed E-state index contributed by atoms with van der Waals surface area (Å²) in [5.74, 6) is 1.85. The van der Waals surface area contributed by atoms with Gasteiger partial charge in [-0.3, -0.25) is 4.79 Å². The molecule has 0 spiro atoms. The fourth-order valence-electron chi connectivity index (χ4n) is 2.99. The lowest BCUT2D eigenvalue weighted by molar-refractivity contribution is -0.116. The maximum absolute atomic E-state index is 12.2. The number of anilines is 2. The van der Waals surface area contributed by atoms with Crippen molar-refractivity contribution < 1.29 is 9.32 Å². The molecule has 0 radical (unpaired) electrons. The average molecular weight is 398 g/mol. The third kappa shape index (κ3) is 4.55. The fourth-order valence-corrected chi connectivity index (χ4v) is 3.63. The first-order valence-corrected chi connectivity index (χ1v) is 10.2. The smallest absolute Gasteiger partial charge is 0.227 e. The average Bonchev–Trinajstić information content (AvgIpc) is 3.39. The molecule has 28 heavy (non-hydrogen) atoms. The van der Waals surface area contributed by atoms with Gasteiger partial charge in [0.25, 0.3) is 0 Å². The molecule has 8 nitrogen and oxygen atoms in total. The monoisotopic (exact) mass is 398 g/mol. The van der Waals surface area contributed by atoms with Crippen molar-refractivity contribution in [3.63, 3.8) is 0 Å². The number of pyridine rings is 1. The number of carbonyl (C=O) groups is 1. The van der Waals surface area contributed by atoms with Crippen LogP contribution in [0, 0.1) is 0 Å². The molecule has 9 heteroatoms. The van der Waals surface area contributed by atoms with Crippen molar-refractivity contribution in [1.29, 1.82) is 0 Å². The normalized spacial score (nSPS) is 15.0. The first-order chi connectivity index (χ1) is 13.7. The summed E-state index contributed by atoms with van der Waals surface area (Å²) in [6.45, 7) is 3.99. The Bertz CT molecular complexity index is 901. The number of nitrogens with one attached hydrogen (secondary N) is 1. The first kappa shape index (κ1) is 18.6. The molecule has 4 heterocycles.